The van der Waals surface area contributed by atoms with Gasteiger partial charge in [-0.25, -0.2) is 4.98 Å². The molecule has 0 atom stereocenters. The fraction of sp³-hybridized carbons (Fsp3) is 0.412. The molecule has 0 amide bonds. The number of ether oxygens (including phenoxy) is 1. The van der Waals surface area contributed by atoms with Crippen LogP contribution >= 0.6 is 35.3 Å². The van der Waals surface area contributed by atoms with Crippen molar-refractivity contribution in [2.75, 3.05) is 19.0 Å². The third-order valence-electron chi connectivity index (χ3n) is 3.19. The molecule has 0 aliphatic heterocycles. The van der Waals surface area contributed by atoms with Crippen LogP contribution < -0.4 is 15.8 Å². The predicted molar refractivity (Wildman–Crippen MR) is 113 cm³/mol. The molecule has 0 spiro atoms. The smallest absolute Gasteiger partial charge is 0.193 e. The molecule has 0 saturated heterocycles. The van der Waals surface area contributed by atoms with E-state index in [0.29, 0.717) is 12.5 Å². The lowest BCUT2D eigenvalue weighted by atomic mass is 9.98. The molecule has 132 valence electrons. The maximum atomic E-state index is 5.92. The Bertz CT molecular complexity index is 679. The van der Waals surface area contributed by atoms with Gasteiger partial charge in [0.2, 0.25) is 0 Å². The SMILES string of the molecule is COc1cccc(NC(N)=NCCc2csc(C(C)(C)C)n2)c1.I. The first-order valence-corrected chi connectivity index (χ1v) is 8.42. The second-order valence-electron chi connectivity index (χ2n) is 6.27. The molecule has 7 heteroatoms. The molecule has 24 heavy (non-hydrogen) atoms. The Hall–Kier alpha value is -1.35. The van der Waals surface area contributed by atoms with Gasteiger partial charge in [-0.05, 0) is 12.1 Å². The first kappa shape index (κ1) is 20.7. The zero-order valence-electron chi connectivity index (χ0n) is 14.5. The number of nitrogens with one attached hydrogen (secondary N) is 1. The standard InChI is InChI=1S/C17H24N4OS.HI/c1-17(2,3)15-20-13(11-23-15)8-9-19-16(18)21-12-6-5-7-14(10-12)22-4;/h5-7,10-11H,8-9H2,1-4H3,(H3,18,19,21);1H. The van der Waals surface area contributed by atoms with Gasteiger partial charge in [0, 0.05) is 35.5 Å². The molecular formula is C17H25IN4OS. The van der Waals surface area contributed by atoms with Gasteiger partial charge >= 0.3 is 0 Å². The van der Waals surface area contributed by atoms with E-state index in [1.807, 2.05) is 24.3 Å². The van der Waals surface area contributed by atoms with Gasteiger partial charge in [-0.1, -0.05) is 26.8 Å². The minimum atomic E-state index is 0. The van der Waals surface area contributed by atoms with Crippen LogP contribution in [0, 0.1) is 0 Å². The van der Waals surface area contributed by atoms with Crippen molar-refractivity contribution in [2.24, 2.45) is 10.7 Å². The van der Waals surface area contributed by atoms with Crippen molar-refractivity contribution in [3.8, 4) is 5.75 Å². The van der Waals surface area contributed by atoms with E-state index >= 15 is 0 Å². The Labute approximate surface area is 164 Å². The highest BCUT2D eigenvalue weighted by atomic mass is 127. The Balaban J connectivity index is 0.00000288. The highest BCUT2D eigenvalue weighted by Crippen LogP contribution is 2.25. The summed E-state index contributed by atoms with van der Waals surface area (Å²) in [6.45, 7) is 7.12. The fourth-order valence-electron chi connectivity index (χ4n) is 1.95. The average Bonchev–Trinajstić information content (AvgIpc) is 2.96. The number of aliphatic imine (C=N–C) groups is 1. The Morgan fingerprint density at radius 3 is 2.75 bits per heavy atom. The maximum absolute atomic E-state index is 5.92. The van der Waals surface area contributed by atoms with E-state index < -0.39 is 0 Å². The van der Waals surface area contributed by atoms with Gasteiger partial charge in [0.1, 0.15) is 5.75 Å². The van der Waals surface area contributed by atoms with Crippen LogP contribution in [0.25, 0.3) is 0 Å². The summed E-state index contributed by atoms with van der Waals surface area (Å²) in [6.07, 6.45) is 0.785. The van der Waals surface area contributed by atoms with Gasteiger partial charge in [-0.3, -0.25) is 4.99 Å². The van der Waals surface area contributed by atoms with Crippen molar-refractivity contribution in [3.05, 3.63) is 40.3 Å². The number of rotatable bonds is 5. The number of hydrogen-bond acceptors (Lipinski definition) is 4. The molecule has 0 bridgehead atoms. The largest absolute Gasteiger partial charge is 0.497 e. The summed E-state index contributed by atoms with van der Waals surface area (Å²) in [6, 6.07) is 7.57. The molecular weight excluding hydrogens is 435 g/mol. The van der Waals surface area contributed by atoms with Gasteiger partial charge in [0.25, 0.3) is 0 Å². The van der Waals surface area contributed by atoms with Gasteiger partial charge in [-0.15, -0.1) is 35.3 Å². The molecule has 1 heterocycles. The van der Waals surface area contributed by atoms with Crippen molar-refractivity contribution in [1.29, 1.82) is 0 Å². The van der Waals surface area contributed by atoms with Crippen molar-refractivity contribution < 1.29 is 4.74 Å². The summed E-state index contributed by atoms with van der Waals surface area (Å²) >= 11 is 1.70. The molecule has 0 aliphatic carbocycles. The van der Waals surface area contributed by atoms with Crippen LogP contribution in [0.5, 0.6) is 5.75 Å². The number of thiazole rings is 1. The van der Waals surface area contributed by atoms with Crippen molar-refractivity contribution >= 4 is 47.0 Å². The van der Waals surface area contributed by atoms with Crippen LogP contribution in [-0.4, -0.2) is 24.6 Å². The molecule has 0 saturated carbocycles. The first-order valence-electron chi connectivity index (χ1n) is 7.54. The summed E-state index contributed by atoms with van der Waals surface area (Å²) in [5.74, 6) is 1.17. The molecule has 0 fully saturated rings. The molecule has 5 nitrogen and oxygen atoms in total. The highest BCUT2D eigenvalue weighted by molar-refractivity contribution is 14.0. The maximum Gasteiger partial charge on any atom is 0.193 e. The summed E-state index contributed by atoms with van der Waals surface area (Å²) < 4.78 is 5.18. The Morgan fingerprint density at radius 2 is 2.12 bits per heavy atom. The molecule has 1 aromatic heterocycles. The van der Waals surface area contributed by atoms with Gasteiger partial charge in [0.05, 0.1) is 17.8 Å². The second-order valence-corrected chi connectivity index (χ2v) is 7.13. The van der Waals surface area contributed by atoms with Crippen LogP contribution in [0.3, 0.4) is 0 Å². The summed E-state index contributed by atoms with van der Waals surface area (Å²) in [4.78, 5) is 9.01. The van der Waals surface area contributed by atoms with Crippen LogP contribution in [0.4, 0.5) is 5.69 Å². The van der Waals surface area contributed by atoms with E-state index in [4.69, 9.17) is 10.5 Å². The fourth-order valence-corrected chi connectivity index (χ4v) is 2.89. The number of methoxy groups -OCH3 is 1. The molecule has 2 aromatic rings. The van der Waals surface area contributed by atoms with E-state index in [1.165, 1.54) is 0 Å². The van der Waals surface area contributed by atoms with Crippen molar-refractivity contribution in [3.63, 3.8) is 0 Å². The highest BCUT2D eigenvalue weighted by Gasteiger charge is 2.17. The zero-order chi connectivity index (χ0) is 16.9. The van der Waals surface area contributed by atoms with E-state index in [2.05, 4.69) is 41.4 Å². The normalized spacial score (nSPS) is 11.8. The summed E-state index contributed by atoms with van der Waals surface area (Å²) in [5, 5.41) is 6.31. The molecule has 1 aromatic carbocycles. The average molecular weight is 460 g/mol. The zero-order valence-corrected chi connectivity index (χ0v) is 17.6. The number of hydrogen-bond donors (Lipinski definition) is 2. The van der Waals surface area contributed by atoms with E-state index in [1.54, 1.807) is 18.4 Å². The van der Waals surface area contributed by atoms with E-state index in [9.17, 15) is 0 Å². The summed E-state index contributed by atoms with van der Waals surface area (Å²) in [5.41, 5.74) is 7.94. The van der Waals surface area contributed by atoms with Gasteiger partial charge in [0.15, 0.2) is 5.96 Å². The number of nitrogens with two attached hydrogens (primary N) is 1. The quantitative estimate of drug-likeness (QED) is 0.402. The van der Waals surface area contributed by atoms with Crippen LogP contribution in [0.15, 0.2) is 34.6 Å². The van der Waals surface area contributed by atoms with Crippen molar-refractivity contribution in [1.82, 2.24) is 4.98 Å². The molecule has 0 unspecified atom stereocenters. The number of nitrogens with zero attached hydrogens (tertiary/aromatic N) is 2. The van der Waals surface area contributed by atoms with E-state index in [-0.39, 0.29) is 29.4 Å². The number of anilines is 1. The first-order chi connectivity index (χ1) is 10.9. The number of halogens is 1. The molecule has 3 N–H and O–H groups in total. The topological polar surface area (TPSA) is 72.5 Å². The Morgan fingerprint density at radius 1 is 1.38 bits per heavy atom. The van der Waals surface area contributed by atoms with Crippen molar-refractivity contribution in [2.45, 2.75) is 32.6 Å². The van der Waals surface area contributed by atoms with Crippen LogP contribution in [0.1, 0.15) is 31.5 Å². The number of aromatic nitrogens is 1. The lowest BCUT2D eigenvalue weighted by Gasteiger charge is -2.13. The van der Waals surface area contributed by atoms with E-state index in [0.717, 1.165) is 28.6 Å². The number of benzene rings is 1. The monoisotopic (exact) mass is 460 g/mol. The Kier molecular flexibility index (Phi) is 7.95. The number of guanidine groups is 1. The minimum absolute atomic E-state index is 0. The third kappa shape index (κ3) is 6.27. The summed E-state index contributed by atoms with van der Waals surface area (Å²) in [7, 11) is 1.64. The lowest BCUT2D eigenvalue weighted by Crippen LogP contribution is -2.23. The van der Waals surface area contributed by atoms with Gasteiger partial charge < -0.3 is 15.8 Å². The third-order valence-corrected chi connectivity index (χ3v) is 4.50. The van der Waals surface area contributed by atoms with Crippen LogP contribution in [-0.2, 0) is 11.8 Å². The van der Waals surface area contributed by atoms with Gasteiger partial charge in [-0.2, -0.15) is 0 Å². The molecule has 2 rings (SSSR count). The minimum Gasteiger partial charge on any atom is -0.497 e. The molecule has 0 radical (unpaired) electrons. The van der Waals surface area contributed by atoms with Crippen LogP contribution in [0.2, 0.25) is 0 Å². The predicted octanol–water partition coefficient (Wildman–Crippen LogP) is 4.04. The lowest BCUT2D eigenvalue weighted by molar-refractivity contribution is 0.415. The molecule has 0 aliphatic rings. The second kappa shape index (κ2) is 9.22.